The number of benzene rings is 1. The summed E-state index contributed by atoms with van der Waals surface area (Å²) in [5.74, 6) is -1.24. The lowest BCUT2D eigenvalue weighted by molar-refractivity contribution is 0.0587. The number of methoxy groups -OCH3 is 1. The standard InChI is InChI=1S/C24H25FN2O5/c1-5-27-16(3)21(15(2)22(27)24(30)31-4)20(28)14-26(13-19-7-6-12-32-19)23(29)17-8-10-18(25)11-9-17/h6-12H,5,13-14H2,1-4H3. The molecular weight excluding hydrogens is 415 g/mol. The van der Waals surface area contributed by atoms with Crippen molar-refractivity contribution < 1.29 is 27.9 Å². The first-order valence-electron chi connectivity index (χ1n) is 10.2. The Hall–Kier alpha value is -3.68. The third-order valence-electron chi connectivity index (χ3n) is 5.38. The molecule has 0 aliphatic carbocycles. The molecule has 0 spiro atoms. The minimum absolute atomic E-state index is 0.0609. The summed E-state index contributed by atoms with van der Waals surface area (Å²) in [7, 11) is 1.29. The molecule has 0 bridgehead atoms. The summed E-state index contributed by atoms with van der Waals surface area (Å²) in [6.45, 7) is 5.62. The second kappa shape index (κ2) is 9.64. The average Bonchev–Trinajstić information content (AvgIpc) is 3.37. The molecule has 7 nitrogen and oxygen atoms in total. The van der Waals surface area contributed by atoms with Crippen LogP contribution in [0.1, 0.15) is 55.1 Å². The summed E-state index contributed by atoms with van der Waals surface area (Å²) in [6, 6.07) is 8.52. The number of furan rings is 1. The van der Waals surface area contributed by atoms with Gasteiger partial charge in [-0.05, 0) is 62.7 Å². The van der Waals surface area contributed by atoms with E-state index >= 15 is 0 Å². The molecule has 0 saturated carbocycles. The average molecular weight is 440 g/mol. The van der Waals surface area contributed by atoms with E-state index in [9.17, 15) is 18.8 Å². The van der Waals surface area contributed by atoms with Crippen LogP contribution >= 0.6 is 0 Å². The van der Waals surface area contributed by atoms with Gasteiger partial charge in [0.1, 0.15) is 17.3 Å². The van der Waals surface area contributed by atoms with Crippen molar-refractivity contribution in [2.24, 2.45) is 0 Å². The van der Waals surface area contributed by atoms with Crippen LogP contribution in [-0.2, 0) is 17.8 Å². The van der Waals surface area contributed by atoms with Gasteiger partial charge in [-0.2, -0.15) is 0 Å². The molecule has 0 fully saturated rings. The number of aromatic nitrogens is 1. The number of hydrogen-bond donors (Lipinski definition) is 0. The van der Waals surface area contributed by atoms with Crippen LogP contribution in [0.25, 0.3) is 0 Å². The Balaban J connectivity index is 1.96. The molecule has 2 heterocycles. The lowest BCUT2D eigenvalue weighted by Gasteiger charge is -2.21. The fourth-order valence-corrected chi connectivity index (χ4v) is 3.88. The first kappa shape index (κ1) is 23.0. The number of ketones is 1. The summed E-state index contributed by atoms with van der Waals surface area (Å²) in [6.07, 6.45) is 1.48. The van der Waals surface area contributed by atoms with Crippen LogP contribution in [0.5, 0.6) is 0 Å². The summed E-state index contributed by atoms with van der Waals surface area (Å²) in [4.78, 5) is 40.1. The SMILES string of the molecule is CCn1c(C)c(C(=O)CN(Cc2ccco2)C(=O)c2ccc(F)cc2)c(C)c1C(=O)OC. The summed E-state index contributed by atoms with van der Waals surface area (Å²) in [5.41, 5.74) is 2.08. The number of amides is 1. The maximum Gasteiger partial charge on any atom is 0.354 e. The lowest BCUT2D eigenvalue weighted by atomic mass is 10.0. The van der Waals surface area contributed by atoms with Gasteiger partial charge in [-0.1, -0.05) is 0 Å². The molecule has 0 aliphatic rings. The predicted molar refractivity (Wildman–Crippen MR) is 115 cm³/mol. The maximum atomic E-state index is 13.4. The van der Waals surface area contributed by atoms with Gasteiger partial charge >= 0.3 is 5.97 Å². The Kier molecular flexibility index (Phi) is 6.92. The minimum atomic E-state index is -0.527. The third-order valence-corrected chi connectivity index (χ3v) is 5.38. The van der Waals surface area contributed by atoms with Crippen LogP contribution in [0.3, 0.4) is 0 Å². The van der Waals surface area contributed by atoms with Gasteiger partial charge in [0.25, 0.3) is 5.91 Å². The van der Waals surface area contributed by atoms with E-state index in [2.05, 4.69) is 0 Å². The lowest BCUT2D eigenvalue weighted by Crippen LogP contribution is -2.35. The number of nitrogens with zero attached hydrogens (tertiary/aromatic N) is 2. The third kappa shape index (κ3) is 4.49. The highest BCUT2D eigenvalue weighted by Crippen LogP contribution is 2.24. The molecule has 0 aliphatic heterocycles. The van der Waals surface area contributed by atoms with Gasteiger partial charge in [0.05, 0.1) is 26.5 Å². The predicted octanol–water partition coefficient (Wildman–Crippen LogP) is 4.17. The normalized spacial score (nSPS) is 10.8. The zero-order valence-corrected chi connectivity index (χ0v) is 18.5. The van der Waals surface area contributed by atoms with Gasteiger partial charge in [-0.3, -0.25) is 9.59 Å². The van der Waals surface area contributed by atoms with E-state index in [4.69, 9.17) is 9.15 Å². The highest BCUT2D eigenvalue weighted by molar-refractivity contribution is 6.06. The van der Waals surface area contributed by atoms with Crippen molar-refractivity contribution in [1.29, 1.82) is 0 Å². The molecule has 3 rings (SSSR count). The molecule has 0 radical (unpaired) electrons. The number of halogens is 1. The van der Waals surface area contributed by atoms with Crippen LogP contribution < -0.4 is 0 Å². The highest BCUT2D eigenvalue weighted by Gasteiger charge is 2.29. The number of carbonyl (C=O) groups excluding carboxylic acids is 3. The molecule has 0 N–H and O–H groups in total. The van der Waals surface area contributed by atoms with Crippen LogP contribution in [0.15, 0.2) is 47.1 Å². The van der Waals surface area contributed by atoms with E-state index in [1.165, 1.54) is 42.5 Å². The Morgan fingerprint density at radius 2 is 1.81 bits per heavy atom. The maximum absolute atomic E-state index is 13.4. The number of rotatable bonds is 8. The van der Waals surface area contributed by atoms with Gasteiger partial charge in [0, 0.05) is 23.4 Å². The van der Waals surface area contributed by atoms with E-state index < -0.39 is 17.7 Å². The van der Waals surface area contributed by atoms with Crippen LogP contribution in [0.2, 0.25) is 0 Å². The Bertz CT molecular complexity index is 1130. The molecule has 0 atom stereocenters. The van der Waals surface area contributed by atoms with Crippen molar-refractivity contribution in [3.8, 4) is 0 Å². The van der Waals surface area contributed by atoms with Crippen LogP contribution in [0, 0.1) is 19.7 Å². The van der Waals surface area contributed by atoms with Crippen molar-refractivity contribution in [2.45, 2.75) is 33.9 Å². The molecule has 0 saturated heterocycles. The van der Waals surface area contributed by atoms with Gasteiger partial charge in [-0.25, -0.2) is 9.18 Å². The van der Waals surface area contributed by atoms with Crippen molar-refractivity contribution in [3.63, 3.8) is 0 Å². The first-order valence-corrected chi connectivity index (χ1v) is 10.2. The van der Waals surface area contributed by atoms with E-state index in [1.807, 2.05) is 6.92 Å². The largest absolute Gasteiger partial charge is 0.467 e. The van der Waals surface area contributed by atoms with E-state index in [0.717, 1.165) is 0 Å². The summed E-state index contributed by atoms with van der Waals surface area (Å²) in [5, 5.41) is 0. The molecule has 1 aromatic carbocycles. The monoisotopic (exact) mass is 440 g/mol. The van der Waals surface area contributed by atoms with Gasteiger partial charge in [0.2, 0.25) is 0 Å². The zero-order valence-electron chi connectivity index (χ0n) is 18.5. The topological polar surface area (TPSA) is 81.8 Å². The van der Waals surface area contributed by atoms with Crippen molar-refractivity contribution in [1.82, 2.24) is 9.47 Å². The van der Waals surface area contributed by atoms with Crippen molar-refractivity contribution in [3.05, 3.63) is 82.3 Å². The molecule has 2 aromatic heterocycles. The fraction of sp³-hybridized carbons (Fsp3) is 0.292. The Morgan fingerprint density at radius 3 is 2.38 bits per heavy atom. The van der Waals surface area contributed by atoms with E-state index in [0.29, 0.717) is 34.8 Å². The molecule has 8 heteroatoms. The number of Topliss-reactive ketones (excluding diaryl/α,β-unsaturated/α-hetero) is 1. The van der Waals surface area contributed by atoms with Gasteiger partial charge < -0.3 is 18.6 Å². The van der Waals surface area contributed by atoms with Gasteiger partial charge in [0.15, 0.2) is 5.78 Å². The molecule has 1 amide bonds. The molecule has 3 aromatic rings. The zero-order chi connectivity index (χ0) is 23.4. The quantitative estimate of drug-likeness (QED) is 0.388. The number of ether oxygens (including phenoxy) is 1. The van der Waals surface area contributed by atoms with E-state index in [1.54, 1.807) is 30.5 Å². The highest BCUT2D eigenvalue weighted by atomic mass is 19.1. The van der Waals surface area contributed by atoms with Gasteiger partial charge in [-0.15, -0.1) is 0 Å². The van der Waals surface area contributed by atoms with E-state index in [-0.39, 0.29) is 24.4 Å². The molecule has 32 heavy (non-hydrogen) atoms. The second-order valence-electron chi connectivity index (χ2n) is 7.34. The second-order valence-corrected chi connectivity index (χ2v) is 7.34. The first-order chi connectivity index (χ1) is 15.3. The fourth-order valence-electron chi connectivity index (χ4n) is 3.88. The molecule has 0 unspecified atom stereocenters. The molecule has 168 valence electrons. The van der Waals surface area contributed by atoms with Crippen LogP contribution in [-0.4, -0.2) is 40.8 Å². The Labute approximate surface area is 185 Å². The molecular formula is C24H25FN2O5. The van der Waals surface area contributed by atoms with Crippen molar-refractivity contribution >= 4 is 17.7 Å². The Morgan fingerprint density at radius 1 is 1.12 bits per heavy atom. The van der Waals surface area contributed by atoms with Crippen molar-refractivity contribution in [2.75, 3.05) is 13.7 Å². The number of carbonyl (C=O) groups is 3. The summed E-state index contributed by atoms with van der Waals surface area (Å²) >= 11 is 0. The smallest absolute Gasteiger partial charge is 0.354 e. The number of esters is 1. The number of hydrogen-bond acceptors (Lipinski definition) is 5. The summed E-state index contributed by atoms with van der Waals surface area (Å²) < 4.78 is 25.3. The van der Waals surface area contributed by atoms with Crippen LogP contribution in [0.4, 0.5) is 4.39 Å². The minimum Gasteiger partial charge on any atom is -0.467 e.